The highest BCUT2D eigenvalue weighted by Crippen LogP contribution is 2.08. The molecule has 2 heterocycles. The first-order chi connectivity index (χ1) is 13.0. The molecule has 0 saturated heterocycles. The van der Waals surface area contributed by atoms with Gasteiger partial charge in [0.25, 0.3) is 5.56 Å². The van der Waals surface area contributed by atoms with Gasteiger partial charge >= 0.3 is 11.7 Å². The van der Waals surface area contributed by atoms with E-state index in [1.165, 1.54) is 18.0 Å². The lowest BCUT2D eigenvalue weighted by molar-refractivity contribution is -0.141. The molecule has 27 heavy (non-hydrogen) atoms. The Kier molecular flexibility index (Phi) is 5.15. The zero-order valence-corrected chi connectivity index (χ0v) is 14.5. The number of rotatable bonds is 6. The van der Waals surface area contributed by atoms with Crippen molar-refractivity contribution in [2.45, 2.75) is 13.1 Å². The van der Waals surface area contributed by atoms with Crippen molar-refractivity contribution in [1.29, 1.82) is 0 Å². The van der Waals surface area contributed by atoms with Crippen LogP contribution in [0.15, 0.2) is 46.4 Å². The van der Waals surface area contributed by atoms with Gasteiger partial charge in [-0.3, -0.25) is 23.5 Å². The van der Waals surface area contributed by atoms with Crippen LogP contribution >= 0.6 is 0 Å². The summed E-state index contributed by atoms with van der Waals surface area (Å²) < 4.78 is 6.67. The number of fused-ring (bicyclic) bond motifs is 1. The predicted octanol–water partition coefficient (Wildman–Crippen LogP) is -0.776. The van der Waals surface area contributed by atoms with Gasteiger partial charge in [0.15, 0.2) is 0 Å². The molecule has 0 aliphatic carbocycles. The van der Waals surface area contributed by atoms with Crippen LogP contribution in [0.4, 0.5) is 0 Å². The maximum absolute atomic E-state index is 12.9. The van der Waals surface area contributed by atoms with Crippen molar-refractivity contribution in [1.82, 2.24) is 24.4 Å². The summed E-state index contributed by atoms with van der Waals surface area (Å²) in [5.74, 6) is -1.17. The minimum absolute atomic E-state index is 0.0320. The van der Waals surface area contributed by atoms with Gasteiger partial charge in [-0.05, 0) is 12.1 Å². The zero-order valence-electron chi connectivity index (χ0n) is 14.5. The van der Waals surface area contributed by atoms with E-state index in [1.54, 1.807) is 30.5 Å². The molecule has 2 N–H and O–H groups in total. The SMILES string of the molecule is COC(=O)CNC(=O)Cn1c(=O)n(Cc2c[nH]cn2)c(=O)c2ccccc21. The van der Waals surface area contributed by atoms with E-state index in [0.29, 0.717) is 16.6 Å². The Hall–Kier alpha value is -3.69. The number of aromatic nitrogens is 4. The molecular formula is C17H17N5O5. The topological polar surface area (TPSA) is 128 Å². The van der Waals surface area contributed by atoms with Crippen molar-refractivity contribution in [2.24, 2.45) is 0 Å². The summed E-state index contributed by atoms with van der Waals surface area (Å²) in [5, 5.41) is 2.67. The molecule has 0 fully saturated rings. The average Bonchev–Trinajstić information content (AvgIpc) is 3.19. The van der Waals surface area contributed by atoms with E-state index in [1.807, 2.05) is 0 Å². The minimum atomic E-state index is -0.644. The average molecular weight is 371 g/mol. The standard InChI is InChI=1S/C17H17N5O5/c1-27-15(24)7-19-14(23)9-21-13-5-3-2-4-12(13)16(25)22(17(21)26)8-11-6-18-10-20-11/h2-6,10H,7-9H2,1H3,(H,18,20)(H,19,23). The third kappa shape index (κ3) is 3.78. The largest absolute Gasteiger partial charge is 0.468 e. The van der Waals surface area contributed by atoms with Gasteiger partial charge in [0.05, 0.1) is 36.6 Å². The fourth-order valence-electron chi connectivity index (χ4n) is 2.64. The normalized spacial score (nSPS) is 10.7. The number of carbonyl (C=O) groups is 2. The van der Waals surface area contributed by atoms with E-state index in [9.17, 15) is 19.2 Å². The van der Waals surface area contributed by atoms with E-state index in [4.69, 9.17) is 0 Å². The number of methoxy groups -OCH3 is 1. The monoisotopic (exact) mass is 371 g/mol. The molecule has 0 saturated carbocycles. The molecular weight excluding hydrogens is 354 g/mol. The number of nitrogens with one attached hydrogen (secondary N) is 2. The van der Waals surface area contributed by atoms with Gasteiger partial charge in [0, 0.05) is 6.20 Å². The molecule has 3 rings (SSSR count). The molecule has 0 unspecified atom stereocenters. The predicted molar refractivity (Wildman–Crippen MR) is 95.2 cm³/mol. The summed E-state index contributed by atoms with van der Waals surface area (Å²) in [6.45, 7) is -0.693. The van der Waals surface area contributed by atoms with E-state index in [-0.39, 0.29) is 19.6 Å². The van der Waals surface area contributed by atoms with Crippen LogP contribution in [0.5, 0.6) is 0 Å². The van der Waals surface area contributed by atoms with Crippen LogP contribution < -0.4 is 16.6 Å². The Morgan fingerprint density at radius 2 is 2.00 bits per heavy atom. The third-order valence-corrected chi connectivity index (χ3v) is 3.97. The minimum Gasteiger partial charge on any atom is -0.468 e. The first-order valence-electron chi connectivity index (χ1n) is 8.05. The maximum atomic E-state index is 12.9. The lowest BCUT2D eigenvalue weighted by Gasteiger charge is -2.13. The van der Waals surface area contributed by atoms with Gasteiger partial charge in [-0.2, -0.15) is 0 Å². The number of nitrogens with zero attached hydrogens (tertiary/aromatic N) is 3. The molecule has 1 amide bonds. The molecule has 0 spiro atoms. The van der Waals surface area contributed by atoms with Gasteiger partial charge in [-0.1, -0.05) is 12.1 Å². The van der Waals surface area contributed by atoms with Crippen LogP contribution in [0.2, 0.25) is 0 Å². The van der Waals surface area contributed by atoms with Crippen LogP contribution in [-0.2, 0) is 27.4 Å². The van der Waals surface area contributed by atoms with E-state index < -0.39 is 23.1 Å². The number of imidazole rings is 1. The van der Waals surface area contributed by atoms with E-state index >= 15 is 0 Å². The highest BCUT2D eigenvalue weighted by atomic mass is 16.5. The number of benzene rings is 1. The van der Waals surface area contributed by atoms with Crippen molar-refractivity contribution in [2.75, 3.05) is 13.7 Å². The fraction of sp³-hybridized carbons (Fsp3) is 0.235. The third-order valence-electron chi connectivity index (χ3n) is 3.97. The molecule has 10 heteroatoms. The number of H-pyrrole nitrogens is 1. The molecule has 0 radical (unpaired) electrons. The number of para-hydroxylation sites is 1. The number of aromatic amines is 1. The van der Waals surface area contributed by atoms with Gasteiger partial charge in [0.2, 0.25) is 5.91 Å². The Labute approximate surface area is 152 Å². The van der Waals surface area contributed by atoms with Crippen molar-refractivity contribution in [3.8, 4) is 0 Å². The molecule has 2 aromatic heterocycles. The molecule has 3 aromatic rings. The van der Waals surface area contributed by atoms with Crippen LogP contribution in [0, 0.1) is 0 Å². The highest BCUT2D eigenvalue weighted by Gasteiger charge is 2.16. The molecule has 0 atom stereocenters. The summed E-state index contributed by atoms with van der Waals surface area (Å²) in [6, 6.07) is 6.52. The Morgan fingerprint density at radius 3 is 2.70 bits per heavy atom. The lowest BCUT2D eigenvalue weighted by atomic mass is 10.2. The number of hydrogen-bond donors (Lipinski definition) is 2. The van der Waals surface area contributed by atoms with Gasteiger partial charge in [0.1, 0.15) is 13.1 Å². The fourth-order valence-corrected chi connectivity index (χ4v) is 2.64. The molecule has 0 aliphatic heterocycles. The molecule has 0 aliphatic rings. The molecule has 10 nitrogen and oxygen atoms in total. The smallest absolute Gasteiger partial charge is 0.332 e. The first kappa shape index (κ1) is 18.1. The Balaban J connectivity index is 2.03. The number of ether oxygens (including phenoxy) is 1. The highest BCUT2D eigenvalue weighted by molar-refractivity contribution is 5.84. The number of hydrogen-bond acceptors (Lipinski definition) is 6. The maximum Gasteiger partial charge on any atom is 0.332 e. The van der Waals surface area contributed by atoms with Crippen molar-refractivity contribution < 1.29 is 14.3 Å². The van der Waals surface area contributed by atoms with E-state index in [2.05, 4.69) is 20.0 Å². The Morgan fingerprint density at radius 1 is 1.22 bits per heavy atom. The molecule has 140 valence electrons. The number of amides is 1. The van der Waals surface area contributed by atoms with Crippen LogP contribution in [0.1, 0.15) is 5.69 Å². The van der Waals surface area contributed by atoms with Crippen molar-refractivity contribution in [3.63, 3.8) is 0 Å². The lowest BCUT2D eigenvalue weighted by Crippen LogP contribution is -2.43. The quantitative estimate of drug-likeness (QED) is 0.547. The van der Waals surface area contributed by atoms with Crippen LogP contribution in [0.3, 0.4) is 0 Å². The summed E-state index contributed by atoms with van der Waals surface area (Å²) >= 11 is 0. The van der Waals surface area contributed by atoms with Crippen LogP contribution in [-0.4, -0.2) is 44.6 Å². The van der Waals surface area contributed by atoms with Gasteiger partial charge in [-0.15, -0.1) is 0 Å². The second kappa shape index (κ2) is 7.68. The molecule has 1 aromatic carbocycles. The number of carbonyl (C=O) groups excluding carboxylic acids is 2. The van der Waals surface area contributed by atoms with Crippen molar-refractivity contribution in [3.05, 3.63) is 63.3 Å². The second-order valence-electron chi connectivity index (χ2n) is 5.69. The van der Waals surface area contributed by atoms with Gasteiger partial charge in [-0.25, -0.2) is 9.78 Å². The Bertz CT molecular complexity index is 1100. The number of esters is 1. The first-order valence-corrected chi connectivity index (χ1v) is 8.05. The van der Waals surface area contributed by atoms with Crippen LogP contribution in [0.25, 0.3) is 10.9 Å². The summed E-state index contributed by atoms with van der Waals surface area (Å²) in [4.78, 5) is 55.7. The summed E-state index contributed by atoms with van der Waals surface area (Å²) in [5.41, 5.74) is -0.273. The van der Waals surface area contributed by atoms with Crippen molar-refractivity contribution >= 4 is 22.8 Å². The summed E-state index contributed by atoms with van der Waals surface area (Å²) in [7, 11) is 1.21. The summed E-state index contributed by atoms with van der Waals surface area (Å²) in [6.07, 6.45) is 3.02. The van der Waals surface area contributed by atoms with Gasteiger partial charge < -0.3 is 15.0 Å². The zero-order chi connectivity index (χ0) is 19.4. The second-order valence-corrected chi connectivity index (χ2v) is 5.69. The van der Waals surface area contributed by atoms with E-state index in [0.717, 1.165) is 4.57 Å². The molecule has 0 bridgehead atoms.